The van der Waals surface area contributed by atoms with Gasteiger partial charge in [0.1, 0.15) is 0 Å². The molecule has 1 fully saturated rings. The van der Waals surface area contributed by atoms with Crippen LogP contribution in [-0.4, -0.2) is 44.1 Å². The summed E-state index contributed by atoms with van der Waals surface area (Å²) in [6, 6.07) is 0. The Kier molecular flexibility index (Phi) is 4.00. The molecule has 2 nitrogen and oxygen atoms in total. The second-order valence-electron chi connectivity index (χ2n) is 3.98. The third-order valence-corrected chi connectivity index (χ3v) is 3.68. The van der Waals surface area contributed by atoms with Gasteiger partial charge >= 0.3 is 0 Å². The molecule has 0 unspecified atom stereocenters. The molecule has 0 atom stereocenters. The number of halogens is 1. The summed E-state index contributed by atoms with van der Waals surface area (Å²) in [4.78, 5) is 2.27. The molecule has 12 heavy (non-hydrogen) atoms. The quantitative estimate of drug-likeness (QED) is 0.692. The van der Waals surface area contributed by atoms with Crippen LogP contribution >= 0.6 is 15.9 Å². The first kappa shape index (κ1) is 10.5. The van der Waals surface area contributed by atoms with E-state index in [1.54, 1.807) is 0 Å². The first-order valence-corrected chi connectivity index (χ1v) is 5.59. The number of rotatable bonds is 3. The minimum atomic E-state index is 0.460. The summed E-state index contributed by atoms with van der Waals surface area (Å²) in [6.07, 6.45) is 2.38. The van der Waals surface area contributed by atoms with Crippen LogP contribution < -0.4 is 0 Å². The summed E-state index contributed by atoms with van der Waals surface area (Å²) in [7, 11) is 4.28. The second-order valence-corrected chi connectivity index (χ2v) is 4.54. The number of ether oxygens (including phenoxy) is 1. The van der Waals surface area contributed by atoms with Crippen LogP contribution in [0, 0.1) is 5.41 Å². The first-order chi connectivity index (χ1) is 5.68. The van der Waals surface area contributed by atoms with Gasteiger partial charge in [0, 0.05) is 25.1 Å². The molecule has 0 radical (unpaired) electrons. The van der Waals surface area contributed by atoms with Crippen LogP contribution in [0.3, 0.4) is 0 Å². The minimum Gasteiger partial charge on any atom is -0.381 e. The Morgan fingerprint density at radius 2 is 1.92 bits per heavy atom. The van der Waals surface area contributed by atoms with E-state index in [0.29, 0.717) is 5.41 Å². The Hall–Kier alpha value is 0.400. The minimum absolute atomic E-state index is 0.460. The van der Waals surface area contributed by atoms with Gasteiger partial charge in [-0.2, -0.15) is 0 Å². The van der Waals surface area contributed by atoms with Crippen molar-refractivity contribution in [3.05, 3.63) is 0 Å². The topological polar surface area (TPSA) is 12.5 Å². The Balaban J connectivity index is 2.48. The first-order valence-electron chi connectivity index (χ1n) is 4.47. The highest BCUT2D eigenvalue weighted by atomic mass is 79.9. The third-order valence-electron chi connectivity index (χ3n) is 2.49. The lowest BCUT2D eigenvalue weighted by Crippen LogP contribution is -2.39. The van der Waals surface area contributed by atoms with Crippen molar-refractivity contribution in [2.75, 3.05) is 39.2 Å². The van der Waals surface area contributed by atoms with Crippen LogP contribution in [0.5, 0.6) is 0 Å². The fourth-order valence-electron chi connectivity index (χ4n) is 1.81. The zero-order chi connectivity index (χ0) is 9.03. The fourth-order valence-corrected chi connectivity index (χ4v) is 2.55. The van der Waals surface area contributed by atoms with E-state index in [2.05, 4.69) is 34.9 Å². The molecule has 0 aromatic rings. The van der Waals surface area contributed by atoms with Crippen LogP contribution in [0.1, 0.15) is 12.8 Å². The van der Waals surface area contributed by atoms with E-state index in [9.17, 15) is 0 Å². The molecule has 1 rings (SSSR count). The van der Waals surface area contributed by atoms with E-state index in [1.807, 2.05) is 0 Å². The molecule has 1 aliphatic rings. The van der Waals surface area contributed by atoms with Crippen molar-refractivity contribution < 1.29 is 4.74 Å². The zero-order valence-corrected chi connectivity index (χ0v) is 9.56. The summed E-state index contributed by atoms with van der Waals surface area (Å²) in [5.41, 5.74) is 0.460. The van der Waals surface area contributed by atoms with Gasteiger partial charge in [-0.25, -0.2) is 0 Å². The van der Waals surface area contributed by atoms with Gasteiger partial charge < -0.3 is 9.64 Å². The van der Waals surface area contributed by atoms with Crippen molar-refractivity contribution in [3.8, 4) is 0 Å². The van der Waals surface area contributed by atoms with Crippen LogP contribution in [0.15, 0.2) is 0 Å². The predicted octanol–water partition coefficient (Wildman–Crippen LogP) is 1.74. The van der Waals surface area contributed by atoms with Gasteiger partial charge in [-0.1, -0.05) is 15.9 Å². The van der Waals surface area contributed by atoms with E-state index in [0.717, 1.165) is 18.5 Å². The maximum absolute atomic E-state index is 5.37. The molecule has 0 spiro atoms. The van der Waals surface area contributed by atoms with Crippen LogP contribution in [0.25, 0.3) is 0 Å². The summed E-state index contributed by atoms with van der Waals surface area (Å²) in [5.74, 6) is 0. The molecule has 0 amide bonds. The normalized spacial score (nSPS) is 23.0. The van der Waals surface area contributed by atoms with Gasteiger partial charge in [0.05, 0.1) is 0 Å². The summed E-state index contributed by atoms with van der Waals surface area (Å²) in [5, 5.41) is 1.10. The Morgan fingerprint density at radius 3 is 2.33 bits per heavy atom. The smallest absolute Gasteiger partial charge is 0.0472 e. The van der Waals surface area contributed by atoms with Crippen LogP contribution in [0.2, 0.25) is 0 Å². The van der Waals surface area contributed by atoms with Crippen molar-refractivity contribution in [2.24, 2.45) is 5.41 Å². The average Bonchev–Trinajstić information content (AvgIpc) is 2.05. The molecule has 0 N–H and O–H groups in total. The molecule has 3 heteroatoms. The lowest BCUT2D eigenvalue weighted by atomic mass is 9.82. The second kappa shape index (κ2) is 4.58. The van der Waals surface area contributed by atoms with Crippen molar-refractivity contribution in [2.45, 2.75) is 12.8 Å². The number of hydrogen-bond donors (Lipinski definition) is 0. The highest BCUT2D eigenvalue weighted by molar-refractivity contribution is 9.09. The Labute approximate surface area is 83.4 Å². The Bertz CT molecular complexity index is 132. The molecule has 0 bridgehead atoms. The molecule has 1 heterocycles. The monoisotopic (exact) mass is 235 g/mol. The van der Waals surface area contributed by atoms with Gasteiger partial charge in [-0.3, -0.25) is 0 Å². The molecular formula is C9H18BrNO. The van der Waals surface area contributed by atoms with Crippen LogP contribution in [0.4, 0.5) is 0 Å². The molecule has 72 valence electrons. The molecule has 0 aromatic heterocycles. The largest absolute Gasteiger partial charge is 0.381 e. The summed E-state index contributed by atoms with van der Waals surface area (Å²) < 4.78 is 5.37. The van der Waals surface area contributed by atoms with E-state index in [4.69, 9.17) is 4.74 Å². The van der Waals surface area contributed by atoms with Crippen molar-refractivity contribution in [3.63, 3.8) is 0 Å². The average molecular weight is 236 g/mol. The van der Waals surface area contributed by atoms with Crippen LogP contribution in [-0.2, 0) is 4.74 Å². The van der Waals surface area contributed by atoms with Crippen molar-refractivity contribution >= 4 is 15.9 Å². The van der Waals surface area contributed by atoms with Gasteiger partial charge in [-0.15, -0.1) is 0 Å². The van der Waals surface area contributed by atoms with Crippen molar-refractivity contribution in [1.82, 2.24) is 4.90 Å². The van der Waals surface area contributed by atoms with Gasteiger partial charge in [0.2, 0.25) is 0 Å². The van der Waals surface area contributed by atoms with Gasteiger partial charge in [0.25, 0.3) is 0 Å². The number of hydrogen-bond acceptors (Lipinski definition) is 2. The molecule has 1 aliphatic heterocycles. The molecular weight excluding hydrogens is 218 g/mol. The molecule has 0 saturated carbocycles. The predicted molar refractivity (Wildman–Crippen MR) is 54.8 cm³/mol. The van der Waals surface area contributed by atoms with E-state index in [-0.39, 0.29) is 0 Å². The molecule has 0 aromatic carbocycles. The Morgan fingerprint density at radius 1 is 1.33 bits per heavy atom. The van der Waals surface area contributed by atoms with E-state index in [1.165, 1.54) is 19.4 Å². The van der Waals surface area contributed by atoms with Gasteiger partial charge in [-0.05, 0) is 32.4 Å². The summed E-state index contributed by atoms with van der Waals surface area (Å²) >= 11 is 3.61. The lowest BCUT2D eigenvalue weighted by Gasteiger charge is -2.37. The standard InChI is InChI=1S/C9H18BrNO/c1-11(2)8-9(7-10)3-5-12-6-4-9/h3-8H2,1-2H3. The highest BCUT2D eigenvalue weighted by Gasteiger charge is 2.31. The maximum atomic E-state index is 5.37. The van der Waals surface area contributed by atoms with Gasteiger partial charge in [0.15, 0.2) is 0 Å². The lowest BCUT2D eigenvalue weighted by molar-refractivity contribution is 0.0152. The fraction of sp³-hybridized carbons (Fsp3) is 1.00. The van der Waals surface area contributed by atoms with Crippen molar-refractivity contribution in [1.29, 1.82) is 0 Å². The number of nitrogens with zero attached hydrogens (tertiary/aromatic N) is 1. The molecule has 1 saturated heterocycles. The molecule has 0 aliphatic carbocycles. The maximum Gasteiger partial charge on any atom is 0.0472 e. The zero-order valence-electron chi connectivity index (χ0n) is 7.98. The van der Waals surface area contributed by atoms with E-state index < -0.39 is 0 Å². The summed E-state index contributed by atoms with van der Waals surface area (Å²) in [6.45, 7) is 3.03. The van der Waals surface area contributed by atoms with E-state index >= 15 is 0 Å². The highest BCUT2D eigenvalue weighted by Crippen LogP contribution is 2.32. The third kappa shape index (κ3) is 2.71. The number of alkyl halides is 1. The SMILES string of the molecule is CN(C)CC1(CBr)CCOCC1.